The third-order valence-electron chi connectivity index (χ3n) is 6.55. The fourth-order valence-electron chi connectivity index (χ4n) is 4.95. The summed E-state index contributed by atoms with van der Waals surface area (Å²) < 4.78 is 5.56. The van der Waals surface area contributed by atoms with Crippen LogP contribution in [0.25, 0.3) is 22.2 Å². The number of fused-ring (bicyclic) bond motifs is 2. The van der Waals surface area contributed by atoms with Gasteiger partial charge in [0.2, 0.25) is 5.91 Å². The van der Waals surface area contributed by atoms with Crippen LogP contribution in [-0.4, -0.2) is 47.5 Å². The van der Waals surface area contributed by atoms with E-state index in [1.165, 1.54) is 0 Å². The van der Waals surface area contributed by atoms with Crippen LogP contribution < -0.4 is 5.32 Å². The normalized spacial score (nSPS) is 15.0. The Morgan fingerprint density at radius 1 is 1.00 bits per heavy atom. The van der Waals surface area contributed by atoms with Crippen LogP contribution in [0.1, 0.15) is 47.8 Å². The monoisotopic (exact) mass is 481 g/mol. The molecule has 1 atom stereocenters. The molecule has 0 spiro atoms. The highest BCUT2D eigenvalue weighted by molar-refractivity contribution is 6.03. The van der Waals surface area contributed by atoms with Gasteiger partial charge in [-0.25, -0.2) is 0 Å². The third kappa shape index (κ3) is 4.64. The van der Waals surface area contributed by atoms with Crippen molar-refractivity contribution in [3.05, 3.63) is 95.6 Å². The molecule has 0 bridgehead atoms. The van der Waals surface area contributed by atoms with E-state index < -0.39 is 0 Å². The first kappa shape index (κ1) is 23.8. The molecule has 2 heterocycles. The number of H-pyrrole nitrogens is 1. The van der Waals surface area contributed by atoms with Crippen molar-refractivity contribution in [2.45, 2.75) is 32.4 Å². The second kappa shape index (κ2) is 10.4. The maximum atomic E-state index is 13.6. The van der Waals surface area contributed by atoms with Gasteiger partial charge in [-0.05, 0) is 43.5 Å². The van der Waals surface area contributed by atoms with Crippen LogP contribution in [0.3, 0.4) is 0 Å². The molecule has 1 aromatic heterocycles. The van der Waals surface area contributed by atoms with Gasteiger partial charge in [-0.15, -0.1) is 0 Å². The van der Waals surface area contributed by atoms with Crippen LogP contribution in [-0.2, 0) is 9.53 Å². The van der Waals surface area contributed by atoms with Crippen LogP contribution >= 0.6 is 0 Å². The number of ether oxygens (including phenoxy) is 1. The standard InChI is InChI=1S/C30H31N3O3/c1-20(2)36-18-10-17-31-26(34)19-33-29(22-13-6-7-14-23(22)30(33)35)27-24-15-8-9-16-25(24)32-28(27)21-11-4-3-5-12-21/h3-9,11-16,20,29,32H,10,17-19H2,1-2H3,(H,31,34)/t29-/m1/s1. The summed E-state index contributed by atoms with van der Waals surface area (Å²) in [5, 5.41) is 4.00. The van der Waals surface area contributed by atoms with Crippen LogP contribution in [0.5, 0.6) is 0 Å². The van der Waals surface area contributed by atoms with Gasteiger partial charge in [-0.1, -0.05) is 66.7 Å². The SMILES string of the molecule is CC(C)OCCCNC(=O)CN1C(=O)c2ccccc2[C@@H]1c1c(-c2ccccc2)[nH]c2ccccc12. The Morgan fingerprint density at radius 3 is 2.53 bits per heavy atom. The Morgan fingerprint density at radius 2 is 1.72 bits per heavy atom. The first-order chi connectivity index (χ1) is 17.5. The first-order valence-electron chi connectivity index (χ1n) is 12.5. The fourth-order valence-corrected chi connectivity index (χ4v) is 4.95. The predicted octanol–water partition coefficient (Wildman–Crippen LogP) is 5.31. The van der Waals surface area contributed by atoms with E-state index in [9.17, 15) is 9.59 Å². The van der Waals surface area contributed by atoms with Gasteiger partial charge in [0.25, 0.3) is 5.91 Å². The molecule has 184 valence electrons. The van der Waals surface area contributed by atoms with Crippen molar-refractivity contribution in [3.63, 3.8) is 0 Å². The lowest BCUT2D eigenvalue weighted by atomic mass is 9.93. The second-order valence-corrected chi connectivity index (χ2v) is 9.37. The number of benzene rings is 3. The number of carbonyl (C=O) groups is 2. The van der Waals surface area contributed by atoms with E-state index in [0.29, 0.717) is 18.7 Å². The van der Waals surface area contributed by atoms with E-state index in [0.717, 1.165) is 39.7 Å². The first-order valence-corrected chi connectivity index (χ1v) is 12.5. The second-order valence-electron chi connectivity index (χ2n) is 9.37. The molecule has 0 saturated heterocycles. The number of aromatic nitrogens is 1. The number of nitrogens with one attached hydrogen (secondary N) is 2. The highest BCUT2D eigenvalue weighted by Gasteiger charge is 2.40. The molecule has 0 saturated carbocycles. The minimum Gasteiger partial charge on any atom is -0.379 e. The number of amides is 2. The van der Waals surface area contributed by atoms with E-state index in [2.05, 4.69) is 28.5 Å². The molecule has 5 rings (SSSR count). The average molecular weight is 482 g/mol. The number of para-hydroxylation sites is 1. The van der Waals surface area contributed by atoms with Crippen molar-refractivity contribution in [2.24, 2.45) is 0 Å². The number of carbonyl (C=O) groups excluding carboxylic acids is 2. The zero-order valence-electron chi connectivity index (χ0n) is 20.7. The Hall–Kier alpha value is -3.90. The van der Waals surface area contributed by atoms with E-state index in [-0.39, 0.29) is 30.5 Å². The molecule has 2 N–H and O–H groups in total. The minimum absolute atomic E-state index is 0.0169. The van der Waals surface area contributed by atoms with Gasteiger partial charge < -0.3 is 19.9 Å². The van der Waals surface area contributed by atoms with Gasteiger partial charge in [0.15, 0.2) is 0 Å². The van der Waals surface area contributed by atoms with Crippen molar-refractivity contribution in [3.8, 4) is 11.3 Å². The summed E-state index contributed by atoms with van der Waals surface area (Å²) in [5.41, 5.74) is 5.57. The highest BCUT2D eigenvalue weighted by atomic mass is 16.5. The highest BCUT2D eigenvalue weighted by Crippen LogP contribution is 2.45. The van der Waals surface area contributed by atoms with Crippen molar-refractivity contribution in [1.29, 1.82) is 0 Å². The lowest BCUT2D eigenvalue weighted by molar-refractivity contribution is -0.122. The van der Waals surface area contributed by atoms with Gasteiger partial charge >= 0.3 is 0 Å². The molecule has 6 heteroatoms. The molecule has 0 fully saturated rings. The molecule has 0 radical (unpaired) electrons. The number of hydrogen-bond acceptors (Lipinski definition) is 3. The van der Waals surface area contributed by atoms with Gasteiger partial charge in [-0.2, -0.15) is 0 Å². The van der Waals surface area contributed by atoms with Gasteiger partial charge in [0, 0.05) is 35.2 Å². The molecule has 1 aliphatic heterocycles. The minimum atomic E-state index is -0.380. The number of hydrogen-bond donors (Lipinski definition) is 2. The Labute approximate surface area is 211 Å². The summed E-state index contributed by atoms with van der Waals surface area (Å²) in [4.78, 5) is 31.8. The molecule has 36 heavy (non-hydrogen) atoms. The van der Waals surface area contributed by atoms with Crippen LogP contribution in [0.2, 0.25) is 0 Å². The largest absolute Gasteiger partial charge is 0.379 e. The lowest BCUT2D eigenvalue weighted by Gasteiger charge is -2.26. The summed E-state index contributed by atoms with van der Waals surface area (Å²) in [6.45, 7) is 5.06. The van der Waals surface area contributed by atoms with Crippen LogP contribution in [0.15, 0.2) is 78.9 Å². The van der Waals surface area contributed by atoms with Crippen molar-refractivity contribution in [2.75, 3.05) is 19.7 Å². The molecule has 0 unspecified atom stereocenters. The Balaban J connectivity index is 1.51. The molecular weight excluding hydrogens is 450 g/mol. The third-order valence-corrected chi connectivity index (χ3v) is 6.55. The van der Waals surface area contributed by atoms with E-state index >= 15 is 0 Å². The Bertz CT molecular complexity index is 1380. The molecule has 6 nitrogen and oxygen atoms in total. The maximum absolute atomic E-state index is 13.6. The van der Waals surface area contributed by atoms with Crippen LogP contribution in [0, 0.1) is 0 Å². The average Bonchev–Trinajstić information content (AvgIpc) is 3.39. The summed E-state index contributed by atoms with van der Waals surface area (Å²) in [6, 6.07) is 25.5. The van der Waals surface area contributed by atoms with Gasteiger partial charge in [0.1, 0.15) is 6.54 Å². The lowest BCUT2D eigenvalue weighted by Crippen LogP contribution is -2.40. The Kier molecular flexibility index (Phi) is 6.87. The number of aromatic amines is 1. The van der Waals surface area contributed by atoms with E-state index in [1.807, 2.05) is 74.5 Å². The van der Waals surface area contributed by atoms with E-state index in [1.54, 1.807) is 4.90 Å². The summed E-state index contributed by atoms with van der Waals surface area (Å²) in [5.74, 6) is -0.301. The molecule has 3 aromatic carbocycles. The quantitative estimate of drug-likeness (QED) is 0.318. The molecular formula is C30H31N3O3. The topological polar surface area (TPSA) is 74.4 Å². The maximum Gasteiger partial charge on any atom is 0.255 e. The smallest absolute Gasteiger partial charge is 0.255 e. The number of nitrogens with zero attached hydrogens (tertiary/aromatic N) is 1. The summed E-state index contributed by atoms with van der Waals surface area (Å²) in [6.07, 6.45) is 0.888. The van der Waals surface area contributed by atoms with E-state index in [4.69, 9.17) is 4.74 Å². The molecule has 1 aliphatic rings. The summed E-state index contributed by atoms with van der Waals surface area (Å²) >= 11 is 0. The van der Waals surface area contributed by atoms with Crippen molar-refractivity contribution in [1.82, 2.24) is 15.2 Å². The fraction of sp³-hybridized carbons (Fsp3) is 0.267. The zero-order chi connectivity index (χ0) is 25.1. The van der Waals surface area contributed by atoms with Crippen molar-refractivity contribution < 1.29 is 14.3 Å². The van der Waals surface area contributed by atoms with Gasteiger partial charge in [0.05, 0.1) is 17.8 Å². The molecule has 0 aliphatic carbocycles. The van der Waals surface area contributed by atoms with Crippen molar-refractivity contribution >= 4 is 22.7 Å². The molecule has 2 amide bonds. The number of rotatable bonds is 9. The summed E-state index contributed by atoms with van der Waals surface area (Å²) in [7, 11) is 0. The molecule has 4 aromatic rings. The van der Waals surface area contributed by atoms with Gasteiger partial charge in [-0.3, -0.25) is 9.59 Å². The van der Waals surface area contributed by atoms with Crippen LogP contribution in [0.4, 0.5) is 0 Å². The predicted molar refractivity (Wildman–Crippen MR) is 142 cm³/mol. The zero-order valence-corrected chi connectivity index (χ0v) is 20.7.